The van der Waals surface area contributed by atoms with E-state index >= 15 is 9.59 Å². The maximum Gasteiger partial charge on any atom is 0.246 e. The van der Waals surface area contributed by atoms with Crippen molar-refractivity contribution in [1.29, 1.82) is 0 Å². The molecule has 28 nitrogen and oxygen atoms in total. The smallest absolute Gasteiger partial charge is 0.246 e. The number of hydrogen-bond donors (Lipinski definition) is 16. The molecule has 4 aromatic carbocycles. The van der Waals surface area contributed by atoms with Crippen LogP contribution >= 0.6 is 0 Å². The van der Waals surface area contributed by atoms with Gasteiger partial charge in [-0.25, -0.2) is 4.98 Å². The van der Waals surface area contributed by atoms with E-state index in [-0.39, 0.29) is 24.8 Å². The molecule has 2 saturated heterocycles. The fourth-order valence-corrected chi connectivity index (χ4v) is 10.4. The van der Waals surface area contributed by atoms with Crippen molar-refractivity contribution in [2.75, 3.05) is 32.8 Å². The Morgan fingerprint density at radius 3 is 1.94 bits per heavy atom. The Morgan fingerprint density at radius 2 is 1.27 bits per heavy atom. The molecule has 0 saturated carbocycles. The first kappa shape index (κ1) is 59.0. The average Bonchev–Trinajstić information content (AvgIpc) is 4.27. The fraction of sp³-hybridized carbons (Fsp3) is 0.400. The first-order valence-electron chi connectivity index (χ1n) is 26.6. The Balaban J connectivity index is 1.08. The molecular weight excluding hydrogens is 1080 g/mol. The number of aromatic nitrogens is 1. The summed E-state index contributed by atoms with van der Waals surface area (Å²) in [6, 6.07) is 18.6. The number of nitrogens with zero attached hydrogens (tertiary/aromatic N) is 4. The maximum absolute atomic E-state index is 15.1. The summed E-state index contributed by atoms with van der Waals surface area (Å²) in [4.78, 5) is 101. The van der Waals surface area contributed by atoms with Crippen LogP contribution in [-0.2, 0) is 39.9 Å². The highest BCUT2D eigenvalue weighted by Gasteiger charge is 2.52. The van der Waals surface area contributed by atoms with Gasteiger partial charge in [-0.2, -0.15) is 0 Å². The van der Waals surface area contributed by atoms with E-state index in [0.29, 0.717) is 27.8 Å². The van der Waals surface area contributed by atoms with Gasteiger partial charge >= 0.3 is 0 Å². The van der Waals surface area contributed by atoms with Gasteiger partial charge in [0.25, 0.3) is 0 Å². The van der Waals surface area contributed by atoms with Crippen LogP contribution in [0.15, 0.2) is 118 Å². The molecule has 1 aromatic heterocycles. The van der Waals surface area contributed by atoms with Gasteiger partial charge in [0.2, 0.25) is 41.3 Å². The van der Waals surface area contributed by atoms with Crippen LogP contribution in [0.5, 0.6) is 0 Å². The summed E-state index contributed by atoms with van der Waals surface area (Å²) in [7, 11) is 0. The van der Waals surface area contributed by atoms with Crippen LogP contribution in [0.25, 0.3) is 33.7 Å². The van der Waals surface area contributed by atoms with E-state index < -0.39 is 159 Å². The highest BCUT2D eigenvalue weighted by atomic mass is 16.6. The van der Waals surface area contributed by atoms with Gasteiger partial charge in [-0.05, 0) is 46.5 Å². The Morgan fingerprint density at radius 1 is 0.639 bits per heavy atom. The average molecular weight is 1150 g/mol. The highest BCUT2D eigenvalue weighted by molar-refractivity contribution is 5.99. The van der Waals surface area contributed by atoms with E-state index in [1.54, 1.807) is 55.5 Å². The SMILES string of the molecule is C[C@@H](c1ccccc1)[C@@H]1NC(=O)CNC(=O)[C@H](CO)NC(=O)[C@@H]([C@@H](O)[C@@H]2CN=C(N)N2[C@H]2O[C@H](CO)[C@@H](O)[C@H](O)[C@@H]2O)NC(=O)[C@H]([C@H](O)[C@@H]2CN=C(N)N2)NC(=O)[C@@H](Cc2ccc3nc(-c4ccc(-c5ccccc5)cc4)oc3c2)NC1=O. The van der Waals surface area contributed by atoms with Gasteiger partial charge in [-0.1, -0.05) is 85.8 Å². The van der Waals surface area contributed by atoms with Gasteiger partial charge in [-0.3, -0.25) is 38.8 Å². The zero-order valence-electron chi connectivity index (χ0n) is 44.6. The summed E-state index contributed by atoms with van der Waals surface area (Å²) in [6.07, 6.45) is -13.6. The lowest BCUT2D eigenvalue weighted by Gasteiger charge is -2.46. The predicted octanol–water partition coefficient (Wildman–Crippen LogP) is -5.14. The number of aliphatic hydroxyl groups is 7. The highest BCUT2D eigenvalue weighted by Crippen LogP contribution is 2.31. The fourth-order valence-electron chi connectivity index (χ4n) is 10.4. The van der Waals surface area contributed by atoms with Crippen molar-refractivity contribution in [3.05, 3.63) is 114 Å². The number of amides is 6. The summed E-state index contributed by atoms with van der Waals surface area (Å²) in [5, 5.41) is 94.6. The summed E-state index contributed by atoms with van der Waals surface area (Å²) in [5.74, 6) is -7.92. The number of ether oxygens (including phenoxy) is 1. The molecule has 5 heterocycles. The molecule has 6 amide bonds. The zero-order chi connectivity index (χ0) is 59.2. The van der Waals surface area contributed by atoms with Crippen molar-refractivity contribution >= 4 is 58.5 Å². The largest absolute Gasteiger partial charge is 0.436 e. The Kier molecular flexibility index (Phi) is 18.3. The van der Waals surface area contributed by atoms with E-state index in [1.807, 2.05) is 54.6 Å². The molecule has 0 bridgehead atoms. The van der Waals surface area contributed by atoms with Crippen LogP contribution in [0.2, 0.25) is 0 Å². The number of rotatable bonds is 13. The number of benzene rings is 4. The number of oxazole rings is 1. The monoisotopic (exact) mass is 1150 g/mol. The van der Waals surface area contributed by atoms with Crippen molar-refractivity contribution < 1.29 is 73.7 Å². The van der Waals surface area contributed by atoms with Gasteiger partial charge in [0.1, 0.15) is 72.3 Å². The third-order valence-corrected chi connectivity index (χ3v) is 15.1. The normalized spacial score (nSPS) is 28.8. The van der Waals surface area contributed by atoms with E-state index in [1.165, 1.54) is 0 Å². The summed E-state index contributed by atoms with van der Waals surface area (Å²) < 4.78 is 11.9. The number of fused-ring (bicyclic) bond motifs is 1. The Bertz CT molecular complexity index is 3220. The third-order valence-electron chi connectivity index (χ3n) is 15.1. The lowest BCUT2D eigenvalue weighted by atomic mass is 9.92. The van der Waals surface area contributed by atoms with E-state index in [2.05, 4.69) is 52.2 Å². The molecule has 28 heteroatoms. The Hall–Kier alpha value is -8.61. The molecule has 5 aromatic rings. The molecule has 0 unspecified atom stereocenters. The van der Waals surface area contributed by atoms with Crippen LogP contribution in [0.3, 0.4) is 0 Å². The first-order chi connectivity index (χ1) is 39.8. The lowest BCUT2D eigenvalue weighted by Crippen LogP contribution is -2.70. The second-order valence-electron chi connectivity index (χ2n) is 20.6. The van der Waals surface area contributed by atoms with Crippen molar-refractivity contribution in [2.45, 2.75) is 104 Å². The van der Waals surface area contributed by atoms with Crippen LogP contribution in [0.1, 0.15) is 24.0 Å². The molecule has 83 heavy (non-hydrogen) atoms. The van der Waals surface area contributed by atoms with Gasteiger partial charge in [0.05, 0.1) is 44.9 Å². The number of aliphatic hydroxyl groups excluding tert-OH is 7. The van der Waals surface area contributed by atoms with Crippen molar-refractivity contribution in [2.24, 2.45) is 21.5 Å². The summed E-state index contributed by atoms with van der Waals surface area (Å²) in [5.41, 5.74) is 16.5. The van der Waals surface area contributed by atoms with Crippen LogP contribution < -0.4 is 48.7 Å². The number of nitrogens with one attached hydrogen (secondary N) is 7. The first-order valence-corrected chi connectivity index (χ1v) is 26.6. The second kappa shape index (κ2) is 25.7. The summed E-state index contributed by atoms with van der Waals surface area (Å²) >= 11 is 0. The standard InChI is InChI=1S/C55H65N13O15/c1-25(27-8-4-2-5-9-27)39-49(79)61-32(18-26-12-17-31-36(19-26)82-52(63-31)30-15-13-29(14-16-30)28-10-6-3-7-11-28)48(78)66-40(42(72)33-20-59-54(56)64-33)51(81)67-41(50(80)62-34(23-69)47(77)58-22-38(71)65-39)43(73)35-21-60-55(57)68(35)53-46(76)45(75)44(74)37(24-70)83-53/h2-17,19,25,32-35,37,39-46,53,69-70,72-76H,18,20-24H2,1H3,(H2,57,60)(H,58,77)(H,61,79)(H,62,80)(H,65,71)(H,66,78)(H,67,81)(H3,56,59,64)/t25-,32+,33-,34-,35-,37+,39-,40-,41+,42+,43-,44+,45-,46-,53-/m0/s1. The molecule has 0 aliphatic carbocycles. The van der Waals surface area contributed by atoms with Crippen LogP contribution in [-0.4, -0.2) is 211 Å². The van der Waals surface area contributed by atoms with E-state index in [9.17, 15) is 54.9 Å². The number of guanidine groups is 2. The van der Waals surface area contributed by atoms with Gasteiger partial charge in [0, 0.05) is 17.9 Å². The zero-order valence-corrected chi connectivity index (χ0v) is 44.6. The van der Waals surface area contributed by atoms with Gasteiger partial charge in [-0.15, -0.1) is 0 Å². The minimum absolute atomic E-state index is 0.144. The van der Waals surface area contributed by atoms with E-state index in [0.717, 1.165) is 16.0 Å². The predicted molar refractivity (Wildman–Crippen MR) is 295 cm³/mol. The Labute approximate surface area is 473 Å². The number of nitrogens with two attached hydrogens (primary N) is 2. The molecule has 440 valence electrons. The maximum atomic E-state index is 15.1. The molecule has 4 aliphatic rings. The number of aliphatic imine (C=N–C) groups is 2. The molecule has 18 N–H and O–H groups in total. The number of hydrogen-bond acceptors (Lipinski definition) is 22. The topological polar surface area (TPSA) is 443 Å². The molecule has 15 atom stereocenters. The van der Waals surface area contributed by atoms with Crippen molar-refractivity contribution in [1.82, 2.24) is 47.1 Å². The molecule has 0 spiro atoms. The number of carbonyl (C=O) groups excluding carboxylic acids is 6. The molecule has 4 aliphatic heterocycles. The van der Waals surface area contributed by atoms with Crippen molar-refractivity contribution in [3.8, 4) is 22.6 Å². The molecule has 0 radical (unpaired) electrons. The minimum Gasteiger partial charge on any atom is -0.436 e. The third kappa shape index (κ3) is 13.0. The van der Waals surface area contributed by atoms with Crippen LogP contribution in [0, 0.1) is 0 Å². The molecule has 9 rings (SSSR count). The van der Waals surface area contributed by atoms with Crippen molar-refractivity contribution in [3.63, 3.8) is 0 Å². The lowest BCUT2D eigenvalue weighted by molar-refractivity contribution is -0.260. The van der Waals surface area contributed by atoms with Crippen LogP contribution in [0.4, 0.5) is 0 Å². The van der Waals surface area contributed by atoms with Gasteiger partial charge < -0.3 is 98.5 Å². The van der Waals surface area contributed by atoms with E-state index in [4.69, 9.17) is 20.6 Å². The second-order valence-corrected chi connectivity index (χ2v) is 20.6. The summed E-state index contributed by atoms with van der Waals surface area (Å²) in [6.45, 7) is -1.91. The molecule has 2 fully saturated rings. The van der Waals surface area contributed by atoms with Gasteiger partial charge in [0.15, 0.2) is 23.7 Å². The molecular formula is C55H65N13O15. The quantitative estimate of drug-likeness (QED) is 0.0524. The number of carbonyl (C=O) groups is 6. The minimum atomic E-state index is -2.27.